The van der Waals surface area contributed by atoms with Crippen LogP contribution in [0.4, 0.5) is 5.95 Å². The van der Waals surface area contributed by atoms with Gasteiger partial charge in [-0.2, -0.15) is 11.8 Å². The summed E-state index contributed by atoms with van der Waals surface area (Å²) in [5.74, 6) is 1.75. The largest absolute Gasteiger partial charge is 0.369 e. The molecular weight excluding hydrogens is 268 g/mol. The molecule has 0 amide bonds. The normalized spacial score (nSPS) is 23.9. The molecule has 1 fully saturated rings. The van der Waals surface area contributed by atoms with Crippen LogP contribution in [0, 0.1) is 0 Å². The molecule has 1 saturated heterocycles. The average molecular weight is 283 g/mol. The van der Waals surface area contributed by atoms with Gasteiger partial charge in [-0.3, -0.25) is 4.57 Å². The van der Waals surface area contributed by atoms with Gasteiger partial charge in [-0.25, -0.2) is 9.97 Å². The second-order valence-electron chi connectivity index (χ2n) is 4.95. The van der Waals surface area contributed by atoms with Gasteiger partial charge < -0.3 is 5.73 Å². The molecule has 0 radical (unpaired) electrons. The van der Waals surface area contributed by atoms with Crippen LogP contribution in [-0.4, -0.2) is 25.0 Å². The molecule has 0 aliphatic carbocycles. The Balaban J connectivity index is 2.03. The van der Waals surface area contributed by atoms with Gasteiger partial charge in [0, 0.05) is 17.5 Å². The molecule has 1 unspecified atom stereocenters. The minimum Gasteiger partial charge on any atom is -0.369 e. The lowest BCUT2D eigenvalue weighted by molar-refractivity contribution is 0.520. The topological polar surface area (TPSA) is 56.7 Å². The summed E-state index contributed by atoms with van der Waals surface area (Å²) in [6, 6.07) is 1.81. The van der Waals surface area contributed by atoms with E-state index in [0.717, 1.165) is 17.7 Å². The van der Waals surface area contributed by atoms with Gasteiger partial charge >= 0.3 is 0 Å². The maximum atomic E-state index is 6.00. The van der Waals surface area contributed by atoms with Gasteiger partial charge in [0.1, 0.15) is 5.52 Å². The molecule has 0 saturated carbocycles. The summed E-state index contributed by atoms with van der Waals surface area (Å²) in [5.41, 5.74) is 7.59. The lowest BCUT2D eigenvalue weighted by atomic mass is 10.1. The standard InChI is InChI=1S/C12H15ClN4S/c1-12(3-2-4-18-12)7-17-10-9(16-11(17)14)5-8(13)6-15-10/h5-6H,2-4,7H2,1H3,(H2,14,16). The molecule has 0 aromatic carbocycles. The van der Waals surface area contributed by atoms with E-state index in [2.05, 4.69) is 16.9 Å². The quantitative estimate of drug-likeness (QED) is 0.920. The van der Waals surface area contributed by atoms with Crippen molar-refractivity contribution in [3.63, 3.8) is 0 Å². The monoisotopic (exact) mass is 282 g/mol. The molecule has 1 aliphatic heterocycles. The van der Waals surface area contributed by atoms with Crippen molar-refractivity contribution < 1.29 is 0 Å². The summed E-state index contributed by atoms with van der Waals surface area (Å²) in [5, 5.41) is 0.591. The van der Waals surface area contributed by atoms with Crippen molar-refractivity contribution >= 4 is 40.5 Å². The van der Waals surface area contributed by atoms with E-state index in [1.165, 1.54) is 18.6 Å². The first-order valence-electron chi connectivity index (χ1n) is 5.99. The number of aromatic nitrogens is 3. The highest BCUT2D eigenvalue weighted by Crippen LogP contribution is 2.40. The van der Waals surface area contributed by atoms with Crippen molar-refractivity contribution in [3.05, 3.63) is 17.3 Å². The molecule has 3 heterocycles. The van der Waals surface area contributed by atoms with Crippen LogP contribution in [0.25, 0.3) is 11.2 Å². The Morgan fingerprint density at radius 3 is 3.17 bits per heavy atom. The molecule has 2 N–H and O–H groups in total. The highest BCUT2D eigenvalue weighted by molar-refractivity contribution is 8.00. The Bertz CT molecular complexity index is 589. The fraction of sp³-hybridized carbons (Fsp3) is 0.500. The maximum Gasteiger partial charge on any atom is 0.202 e. The molecule has 96 valence electrons. The van der Waals surface area contributed by atoms with Crippen molar-refractivity contribution in [1.29, 1.82) is 0 Å². The number of nitrogen functional groups attached to an aromatic ring is 1. The Morgan fingerprint density at radius 1 is 1.61 bits per heavy atom. The SMILES string of the molecule is CC1(Cn2c(N)nc3cc(Cl)cnc32)CCCS1. The first-order chi connectivity index (χ1) is 8.57. The van der Waals surface area contributed by atoms with E-state index in [1.807, 2.05) is 16.3 Å². The summed E-state index contributed by atoms with van der Waals surface area (Å²) >= 11 is 7.93. The van der Waals surface area contributed by atoms with E-state index < -0.39 is 0 Å². The second-order valence-corrected chi connectivity index (χ2v) is 7.07. The van der Waals surface area contributed by atoms with Crippen LogP contribution in [0.2, 0.25) is 5.02 Å². The summed E-state index contributed by atoms with van der Waals surface area (Å²) in [6.07, 6.45) is 4.13. The third kappa shape index (κ3) is 2.06. The van der Waals surface area contributed by atoms with Crippen molar-refractivity contribution in [2.24, 2.45) is 0 Å². The zero-order chi connectivity index (χ0) is 12.8. The van der Waals surface area contributed by atoms with E-state index in [0.29, 0.717) is 11.0 Å². The number of rotatable bonds is 2. The summed E-state index contributed by atoms with van der Waals surface area (Å²) in [7, 11) is 0. The first kappa shape index (κ1) is 12.1. The molecule has 4 nitrogen and oxygen atoms in total. The molecule has 1 atom stereocenters. The number of anilines is 1. The Labute approximate surface area is 115 Å². The van der Waals surface area contributed by atoms with Gasteiger partial charge in [-0.15, -0.1) is 0 Å². The van der Waals surface area contributed by atoms with E-state index in [-0.39, 0.29) is 4.75 Å². The van der Waals surface area contributed by atoms with Crippen LogP contribution in [-0.2, 0) is 6.54 Å². The number of fused-ring (bicyclic) bond motifs is 1. The van der Waals surface area contributed by atoms with Crippen LogP contribution >= 0.6 is 23.4 Å². The predicted molar refractivity (Wildman–Crippen MR) is 77.0 cm³/mol. The second kappa shape index (κ2) is 4.31. The number of imidazole rings is 1. The zero-order valence-electron chi connectivity index (χ0n) is 10.2. The van der Waals surface area contributed by atoms with Crippen LogP contribution in [0.5, 0.6) is 0 Å². The van der Waals surface area contributed by atoms with Gasteiger partial charge in [-0.05, 0) is 31.6 Å². The van der Waals surface area contributed by atoms with Crippen molar-refractivity contribution in [3.8, 4) is 0 Å². The van der Waals surface area contributed by atoms with Crippen LogP contribution in [0.3, 0.4) is 0 Å². The smallest absolute Gasteiger partial charge is 0.202 e. The molecule has 2 aromatic heterocycles. The van der Waals surface area contributed by atoms with Gasteiger partial charge in [0.15, 0.2) is 5.65 Å². The van der Waals surface area contributed by atoms with Crippen LogP contribution in [0.1, 0.15) is 19.8 Å². The zero-order valence-corrected chi connectivity index (χ0v) is 11.8. The molecule has 3 rings (SSSR count). The lowest BCUT2D eigenvalue weighted by Crippen LogP contribution is -2.24. The molecule has 2 aromatic rings. The van der Waals surface area contributed by atoms with Crippen LogP contribution < -0.4 is 5.73 Å². The van der Waals surface area contributed by atoms with Crippen molar-refractivity contribution in [2.75, 3.05) is 11.5 Å². The molecular formula is C12H15ClN4S. The molecule has 0 bridgehead atoms. The fourth-order valence-electron chi connectivity index (χ4n) is 2.46. The summed E-state index contributed by atoms with van der Waals surface area (Å²) in [4.78, 5) is 8.69. The van der Waals surface area contributed by atoms with E-state index >= 15 is 0 Å². The number of halogens is 1. The van der Waals surface area contributed by atoms with Crippen LogP contribution in [0.15, 0.2) is 12.3 Å². The first-order valence-corrected chi connectivity index (χ1v) is 7.35. The van der Waals surface area contributed by atoms with E-state index in [1.54, 1.807) is 12.3 Å². The predicted octanol–water partition coefficient (Wildman–Crippen LogP) is 2.95. The molecule has 0 spiro atoms. The third-order valence-electron chi connectivity index (χ3n) is 3.37. The summed E-state index contributed by atoms with van der Waals surface area (Å²) in [6.45, 7) is 3.14. The lowest BCUT2D eigenvalue weighted by Gasteiger charge is -2.23. The number of hydrogen-bond donors (Lipinski definition) is 1. The van der Waals surface area contributed by atoms with Gasteiger partial charge in [-0.1, -0.05) is 11.6 Å². The Morgan fingerprint density at radius 2 is 2.44 bits per heavy atom. The Hall–Kier alpha value is -0.940. The van der Waals surface area contributed by atoms with E-state index in [4.69, 9.17) is 17.3 Å². The van der Waals surface area contributed by atoms with Gasteiger partial charge in [0.2, 0.25) is 5.95 Å². The van der Waals surface area contributed by atoms with Gasteiger partial charge in [0.05, 0.1) is 5.02 Å². The minimum absolute atomic E-state index is 0.239. The maximum absolute atomic E-state index is 6.00. The average Bonchev–Trinajstić information content (AvgIpc) is 2.85. The number of hydrogen-bond acceptors (Lipinski definition) is 4. The highest BCUT2D eigenvalue weighted by atomic mass is 35.5. The third-order valence-corrected chi connectivity index (χ3v) is 5.10. The summed E-state index contributed by atoms with van der Waals surface area (Å²) < 4.78 is 2.24. The molecule has 18 heavy (non-hydrogen) atoms. The Kier molecular flexibility index (Phi) is 2.90. The highest BCUT2D eigenvalue weighted by Gasteiger charge is 2.31. The van der Waals surface area contributed by atoms with Crippen molar-refractivity contribution in [2.45, 2.75) is 31.1 Å². The molecule has 1 aliphatic rings. The van der Waals surface area contributed by atoms with Gasteiger partial charge in [0.25, 0.3) is 0 Å². The minimum atomic E-state index is 0.239. The van der Waals surface area contributed by atoms with E-state index in [9.17, 15) is 0 Å². The fourth-order valence-corrected chi connectivity index (χ4v) is 3.90. The molecule has 6 heteroatoms. The number of pyridine rings is 1. The number of thioether (sulfide) groups is 1. The van der Waals surface area contributed by atoms with Crippen molar-refractivity contribution in [1.82, 2.24) is 14.5 Å². The number of nitrogens with two attached hydrogens (primary N) is 1. The number of nitrogens with zero attached hydrogens (tertiary/aromatic N) is 3.